The molecule has 0 spiro atoms. The van der Waals surface area contributed by atoms with Crippen LogP contribution in [-0.4, -0.2) is 34.3 Å². The Morgan fingerprint density at radius 2 is 1.70 bits per heavy atom. The molecule has 2 heterocycles. The molecule has 33 heavy (non-hydrogen) atoms. The predicted molar refractivity (Wildman–Crippen MR) is 132 cm³/mol. The van der Waals surface area contributed by atoms with Gasteiger partial charge in [-0.3, -0.25) is 4.79 Å². The van der Waals surface area contributed by atoms with Crippen molar-refractivity contribution in [3.63, 3.8) is 0 Å². The van der Waals surface area contributed by atoms with Crippen molar-refractivity contribution < 1.29 is 9.18 Å². The van der Waals surface area contributed by atoms with E-state index in [9.17, 15) is 9.18 Å². The highest BCUT2D eigenvalue weighted by Crippen LogP contribution is 2.37. The van der Waals surface area contributed by atoms with Gasteiger partial charge in [0.25, 0.3) is 0 Å². The first-order valence-corrected chi connectivity index (χ1v) is 12.8. The Bertz CT molecular complexity index is 1080. The third-order valence-corrected chi connectivity index (χ3v) is 7.51. The fraction of sp³-hybridized carbons (Fsp3) is 0.385. The highest BCUT2D eigenvalue weighted by atomic mass is 32.2. The molecule has 2 fully saturated rings. The molecule has 172 valence electrons. The minimum Gasteiger partial charge on any atom is -0.372 e. The van der Waals surface area contributed by atoms with Gasteiger partial charge in [0.05, 0.1) is 17.6 Å². The number of thioether (sulfide) groups is 1. The number of amides is 1. The summed E-state index contributed by atoms with van der Waals surface area (Å²) >= 11 is 1.46. The summed E-state index contributed by atoms with van der Waals surface area (Å²) in [7, 11) is 0. The molecule has 1 amide bonds. The summed E-state index contributed by atoms with van der Waals surface area (Å²) in [6.45, 7) is 2.21. The molecular weight excluding hydrogens is 435 g/mol. The van der Waals surface area contributed by atoms with Crippen molar-refractivity contribution in [3.8, 4) is 11.3 Å². The van der Waals surface area contributed by atoms with E-state index in [0.717, 1.165) is 48.0 Å². The Morgan fingerprint density at radius 3 is 2.39 bits per heavy atom. The van der Waals surface area contributed by atoms with Crippen molar-refractivity contribution in [2.24, 2.45) is 0 Å². The van der Waals surface area contributed by atoms with E-state index in [4.69, 9.17) is 0 Å². The highest BCUT2D eigenvalue weighted by Gasteiger charge is 2.24. The van der Waals surface area contributed by atoms with Crippen LogP contribution in [0, 0.1) is 5.82 Å². The number of hydrogen-bond acceptors (Lipinski definition) is 4. The van der Waals surface area contributed by atoms with Crippen molar-refractivity contribution in [2.45, 2.75) is 49.7 Å². The Labute approximate surface area is 198 Å². The van der Waals surface area contributed by atoms with Gasteiger partial charge in [0.1, 0.15) is 5.82 Å². The molecule has 5 nitrogen and oxygen atoms in total. The topological polar surface area (TPSA) is 50.2 Å². The maximum Gasteiger partial charge on any atom is 0.234 e. The van der Waals surface area contributed by atoms with Crippen LogP contribution in [0.4, 0.5) is 15.8 Å². The molecule has 1 saturated heterocycles. The number of halogens is 1. The smallest absolute Gasteiger partial charge is 0.234 e. The van der Waals surface area contributed by atoms with Crippen molar-refractivity contribution in [3.05, 3.63) is 60.5 Å². The number of hydrogen-bond donors (Lipinski definition) is 1. The molecule has 1 N–H and O–H groups in total. The summed E-state index contributed by atoms with van der Waals surface area (Å²) in [5, 5.41) is 3.85. The predicted octanol–water partition coefficient (Wildman–Crippen LogP) is 6.14. The van der Waals surface area contributed by atoms with E-state index in [1.165, 1.54) is 55.3 Å². The van der Waals surface area contributed by atoms with Crippen LogP contribution in [0.15, 0.2) is 59.9 Å². The van der Waals surface area contributed by atoms with Gasteiger partial charge in [0.15, 0.2) is 5.16 Å². The number of carbonyl (C=O) groups is 1. The first kappa shape index (κ1) is 22.0. The number of nitrogens with zero attached hydrogens (tertiary/aromatic N) is 3. The lowest BCUT2D eigenvalue weighted by Gasteiger charge is -2.19. The van der Waals surface area contributed by atoms with Gasteiger partial charge >= 0.3 is 0 Å². The van der Waals surface area contributed by atoms with E-state index in [1.807, 2.05) is 18.3 Å². The summed E-state index contributed by atoms with van der Waals surface area (Å²) in [5.41, 5.74) is 3.97. The second-order valence-corrected chi connectivity index (χ2v) is 9.76. The van der Waals surface area contributed by atoms with Crippen molar-refractivity contribution >= 4 is 29.0 Å². The summed E-state index contributed by atoms with van der Waals surface area (Å²) in [6.07, 6.45) is 8.95. The van der Waals surface area contributed by atoms with E-state index in [1.54, 1.807) is 12.1 Å². The molecule has 0 unspecified atom stereocenters. The quantitative estimate of drug-likeness (QED) is 0.427. The van der Waals surface area contributed by atoms with E-state index >= 15 is 0 Å². The van der Waals surface area contributed by atoms with Crippen LogP contribution in [0.3, 0.4) is 0 Å². The van der Waals surface area contributed by atoms with E-state index < -0.39 is 0 Å². The van der Waals surface area contributed by atoms with Gasteiger partial charge in [-0.1, -0.05) is 24.6 Å². The molecule has 7 heteroatoms. The Morgan fingerprint density at radius 1 is 1.00 bits per heavy atom. The third-order valence-electron chi connectivity index (χ3n) is 6.55. The fourth-order valence-corrected chi connectivity index (χ4v) is 5.70. The van der Waals surface area contributed by atoms with Crippen molar-refractivity contribution in [2.75, 3.05) is 29.1 Å². The molecule has 2 aromatic carbocycles. The number of carbonyl (C=O) groups excluding carboxylic acids is 1. The highest BCUT2D eigenvalue weighted by molar-refractivity contribution is 7.99. The van der Waals surface area contributed by atoms with Crippen LogP contribution in [-0.2, 0) is 4.79 Å². The number of nitrogens with one attached hydrogen (secondary N) is 1. The molecule has 1 aromatic heterocycles. The van der Waals surface area contributed by atoms with Gasteiger partial charge in [-0.05, 0) is 79.8 Å². The average molecular weight is 465 g/mol. The van der Waals surface area contributed by atoms with E-state index in [0.29, 0.717) is 11.8 Å². The molecule has 0 atom stereocenters. The van der Waals surface area contributed by atoms with Crippen LogP contribution in [0.25, 0.3) is 11.3 Å². The maximum absolute atomic E-state index is 13.4. The molecule has 0 radical (unpaired) electrons. The summed E-state index contributed by atoms with van der Waals surface area (Å²) in [6, 6.07) is 15.0. The number of anilines is 2. The fourth-order valence-electron chi connectivity index (χ4n) is 4.86. The second kappa shape index (κ2) is 10.00. The first-order chi connectivity index (χ1) is 16.2. The lowest BCUT2D eigenvalue weighted by molar-refractivity contribution is -0.113. The van der Waals surface area contributed by atoms with Crippen LogP contribution >= 0.6 is 11.8 Å². The minimum absolute atomic E-state index is 0.0433. The van der Waals surface area contributed by atoms with Crippen LogP contribution in [0.1, 0.15) is 44.6 Å². The number of rotatable bonds is 7. The molecule has 3 aromatic rings. The monoisotopic (exact) mass is 464 g/mol. The molecule has 5 rings (SSSR count). The number of imidazole rings is 1. The number of aromatic nitrogens is 2. The van der Waals surface area contributed by atoms with Crippen LogP contribution < -0.4 is 10.2 Å². The summed E-state index contributed by atoms with van der Waals surface area (Å²) in [5.74, 6) is 0.00383. The zero-order chi connectivity index (χ0) is 22.6. The molecule has 1 saturated carbocycles. The molecule has 0 bridgehead atoms. The lowest BCUT2D eigenvalue weighted by Crippen LogP contribution is -2.18. The van der Waals surface area contributed by atoms with Gasteiger partial charge in [-0.15, -0.1) is 0 Å². The zero-order valence-electron chi connectivity index (χ0n) is 18.7. The van der Waals surface area contributed by atoms with Crippen LogP contribution in [0.5, 0.6) is 0 Å². The largest absolute Gasteiger partial charge is 0.372 e. The first-order valence-electron chi connectivity index (χ1n) is 11.8. The van der Waals surface area contributed by atoms with E-state index in [-0.39, 0.29) is 11.7 Å². The maximum atomic E-state index is 13.4. The van der Waals surface area contributed by atoms with E-state index in [2.05, 4.69) is 31.9 Å². The lowest BCUT2D eigenvalue weighted by atomic mass is 10.1. The molecule has 2 aliphatic rings. The van der Waals surface area contributed by atoms with Crippen molar-refractivity contribution in [1.82, 2.24) is 9.55 Å². The second-order valence-electron chi connectivity index (χ2n) is 8.82. The Balaban J connectivity index is 1.26. The number of benzene rings is 2. The molecule has 1 aliphatic heterocycles. The molecule has 1 aliphatic carbocycles. The minimum atomic E-state index is -0.245. The van der Waals surface area contributed by atoms with Gasteiger partial charge in [-0.25, -0.2) is 9.37 Å². The third kappa shape index (κ3) is 5.08. The summed E-state index contributed by atoms with van der Waals surface area (Å²) < 4.78 is 15.7. The zero-order valence-corrected chi connectivity index (χ0v) is 19.5. The van der Waals surface area contributed by atoms with Crippen LogP contribution in [0.2, 0.25) is 0 Å². The van der Waals surface area contributed by atoms with Gasteiger partial charge < -0.3 is 14.8 Å². The summed E-state index contributed by atoms with van der Waals surface area (Å²) in [4.78, 5) is 19.7. The van der Waals surface area contributed by atoms with Crippen molar-refractivity contribution in [1.29, 1.82) is 0 Å². The molecular formula is C26H29FN4OS. The van der Waals surface area contributed by atoms with Gasteiger partial charge in [0.2, 0.25) is 5.91 Å². The van der Waals surface area contributed by atoms with Gasteiger partial charge in [-0.2, -0.15) is 0 Å². The standard InChI is InChI=1S/C26H29FN4OS/c27-20-9-7-19(8-10-20)24-17-28-26(31(24)23-5-1-2-6-23)33-18-25(32)29-21-11-13-22(14-12-21)30-15-3-4-16-30/h7-14,17,23H,1-6,15-16,18H2,(H,29,32). The average Bonchev–Trinajstić information content (AvgIpc) is 3.60. The van der Waals surface area contributed by atoms with Gasteiger partial charge in [0, 0.05) is 30.5 Å². The normalized spacial score (nSPS) is 16.5. The Hall–Kier alpha value is -2.80. The Kier molecular flexibility index (Phi) is 6.67. The SMILES string of the molecule is O=C(CSc1ncc(-c2ccc(F)cc2)n1C1CCCC1)Nc1ccc(N2CCCC2)cc1.